The van der Waals surface area contributed by atoms with Crippen molar-refractivity contribution in [2.24, 2.45) is 22.8 Å². The third-order valence-corrected chi connectivity index (χ3v) is 7.41. The molecule has 198 valence electrons. The van der Waals surface area contributed by atoms with E-state index in [1.54, 1.807) is 4.68 Å². The van der Waals surface area contributed by atoms with Crippen LogP contribution in [0.4, 0.5) is 5.82 Å². The number of amides is 1. The molecular formula is C26H35N7O4. The SMILES string of the molecule is CC1(C)CC(=O)c2c(CC3CC3)nn(-c3ncc(C(N)=O)c(NC(N)C(=O)OC4CCCCC4)n3)c2C1. The van der Waals surface area contributed by atoms with Crippen LogP contribution in [0.1, 0.15) is 97.3 Å². The Hall–Kier alpha value is -3.34. The number of carbonyl (C=O) groups excluding carboxylic acids is 3. The molecule has 1 unspecified atom stereocenters. The summed E-state index contributed by atoms with van der Waals surface area (Å²) in [6.45, 7) is 4.10. The third-order valence-electron chi connectivity index (χ3n) is 7.41. The Morgan fingerprint density at radius 1 is 1.19 bits per heavy atom. The van der Waals surface area contributed by atoms with Crippen molar-refractivity contribution >= 4 is 23.5 Å². The van der Waals surface area contributed by atoms with Gasteiger partial charge in [-0.05, 0) is 62.7 Å². The van der Waals surface area contributed by atoms with E-state index in [2.05, 4.69) is 15.3 Å². The van der Waals surface area contributed by atoms with Crippen molar-refractivity contribution in [3.8, 4) is 5.95 Å². The Morgan fingerprint density at radius 3 is 2.59 bits per heavy atom. The van der Waals surface area contributed by atoms with Gasteiger partial charge >= 0.3 is 5.97 Å². The molecule has 2 aromatic rings. The van der Waals surface area contributed by atoms with Crippen molar-refractivity contribution in [1.82, 2.24) is 19.7 Å². The monoisotopic (exact) mass is 509 g/mol. The molecular weight excluding hydrogens is 474 g/mol. The van der Waals surface area contributed by atoms with Gasteiger partial charge in [0.25, 0.3) is 11.9 Å². The van der Waals surface area contributed by atoms with Crippen LogP contribution in [0.5, 0.6) is 0 Å². The summed E-state index contributed by atoms with van der Waals surface area (Å²) >= 11 is 0. The number of nitrogens with zero attached hydrogens (tertiary/aromatic N) is 4. The van der Waals surface area contributed by atoms with Crippen LogP contribution in [-0.4, -0.2) is 49.7 Å². The molecule has 1 amide bonds. The highest BCUT2D eigenvalue weighted by Gasteiger charge is 2.38. The third kappa shape index (κ3) is 5.51. The molecule has 0 saturated heterocycles. The summed E-state index contributed by atoms with van der Waals surface area (Å²) in [5.74, 6) is -0.594. The fraction of sp³-hybridized carbons (Fsp3) is 0.615. The van der Waals surface area contributed by atoms with Gasteiger partial charge in [0, 0.05) is 12.6 Å². The van der Waals surface area contributed by atoms with E-state index < -0.39 is 18.0 Å². The van der Waals surface area contributed by atoms with Crippen molar-refractivity contribution in [3.63, 3.8) is 0 Å². The van der Waals surface area contributed by atoms with Crippen LogP contribution in [0.3, 0.4) is 0 Å². The quantitative estimate of drug-likeness (QED) is 0.357. The number of rotatable bonds is 8. The average Bonchev–Trinajstić information content (AvgIpc) is 3.58. The Balaban J connectivity index is 1.46. The number of esters is 1. The van der Waals surface area contributed by atoms with Gasteiger partial charge in [0.1, 0.15) is 11.9 Å². The van der Waals surface area contributed by atoms with Gasteiger partial charge in [-0.2, -0.15) is 10.1 Å². The Labute approximate surface area is 215 Å². The molecule has 0 bridgehead atoms. The summed E-state index contributed by atoms with van der Waals surface area (Å²) in [5, 5.41) is 7.56. The van der Waals surface area contributed by atoms with E-state index in [1.807, 2.05) is 13.8 Å². The second-order valence-electron chi connectivity index (χ2n) is 11.4. The second-order valence-corrected chi connectivity index (χ2v) is 11.4. The topological polar surface area (TPSA) is 168 Å². The number of hydrogen-bond acceptors (Lipinski definition) is 9. The molecule has 0 aliphatic heterocycles. The smallest absolute Gasteiger partial charge is 0.343 e. The molecule has 37 heavy (non-hydrogen) atoms. The fourth-order valence-corrected chi connectivity index (χ4v) is 5.32. The molecule has 0 spiro atoms. The van der Waals surface area contributed by atoms with Crippen molar-refractivity contribution < 1.29 is 19.1 Å². The second kappa shape index (κ2) is 9.85. The number of ketones is 1. The lowest BCUT2D eigenvalue weighted by Crippen LogP contribution is -2.42. The highest BCUT2D eigenvalue weighted by Crippen LogP contribution is 2.40. The lowest BCUT2D eigenvalue weighted by atomic mass is 9.75. The van der Waals surface area contributed by atoms with Gasteiger partial charge in [0.15, 0.2) is 11.9 Å². The lowest BCUT2D eigenvalue weighted by molar-refractivity contribution is -0.151. The molecule has 5 rings (SSSR count). The number of nitrogens with one attached hydrogen (secondary N) is 1. The van der Waals surface area contributed by atoms with E-state index >= 15 is 0 Å². The molecule has 2 fully saturated rings. The number of primary amides is 1. The van der Waals surface area contributed by atoms with E-state index in [9.17, 15) is 14.4 Å². The summed E-state index contributed by atoms with van der Waals surface area (Å²) in [7, 11) is 0. The van der Waals surface area contributed by atoms with E-state index in [4.69, 9.17) is 21.3 Å². The predicted octanol–water partition coefficient (Wildman–Crippen LogP) is 2.44. The van der Waals surface area contributed by atoms with Gasteiger partial charge in [0.2, 0.25) is 0 Å². The number of ether oxygens (including phenoxy) is 1. The Bertz CT molecular complexity index is 1230. The summed E-state index contributed by atoms with van der Waals surface area (Å²) in [6.07, 6.45) is 8.74. The van der Waals surface area contributed by atoms with Crippen molar-refractivity contribution in [2.75, 3.05) is 5.32 Å². The zero-order valence-corrected chi connectivity index (χ0v) is 21.5. The minimum absolute atomic E-state index is 0.0136. The number of Topliss-reactive ketones (excluding diaryl/α,β-unsaturated/α-hetero) is 1. The van der Waals surface area contributed by atoms with Gasteiger partial charge in [-0.25, -0.2) is 14.5 Å². The van der Waals surface area contributed by atoms with E-state index in [0.29, 0.717) is 24.3 Å². The zero-order chi connectivity index (χ0) is 26.3. The first-order chi connectivity index (χ1) is 17.6. The number of carbonyl (C=O) groups is 3. The predicted molar refractivity (Wildman–Crippen MR) is 135 cm³/mol. The number of hydrogen-bond donors (Lipinski definition) is 3. The molecule has 11 heteroatoms. The van der Waals surface area contributed by atoms with E-state index in [1.165, 1.54) is 6.20 Å². The lowest BCUT2D eigenvalue weighted by Gasteiger charge is -2.29. The average molecular weight is 510 g/mol. The molecule has 0 radical (unpaired) electrons. The molecule has 2 heterocycles. The number of anilines is 1. The summed E-state index contributed by atoms with van der Waals surface area (Å²) in [4.78, 5) is 46.7. The van der Waals surface area contributed by atoms with Gasteiger partial charge in [-0.15, -0.1) is 0 Å². The number of nitrogens with two attached hydrogens (primary N) is 2. The molecule has 3 aliphatic rings. The number of aromatic nitrogens is 4. The van der Waals surface area contributed by atoms with Crippen LogP contribution in [-0.2, 0) is 22.4 Å². The molecule has 2 aromatic heterocycles. The van der Waals surface area contributed by atoms with Crippen molar-refractivity contribution in [1.29, 1.82) is 0 Å². The fourth-order valence-electron chi connectivity index (χ4n) is 5.32. The Kier molecular flexibility index (Phi) is 6.74. The normalized spacial score (nSPS) is 20.2. The molecule has 1 atom stereocenters. The van der Waals surface area contributed by atoms with Gasteiger partial charge in [-0.3, -0.25) is 9.59 Å². The highest BCUT2D eigenvalue weighted by molar-refractivity contribution is 6.00. The molecule has 0 aromatic carbocycles. The van der Waals surface area contributed by atoms with Crippen LogP contribution < -0.4 is 16.8 Å². The van der Waals surface area contributed by atoms with Crippen LogP contribution in [0.25, 0.3) is 5.95 Å². The van der Waals surface area contributed by atoms with Crippen LogP contribution in [0.2, 0.25) is 0 Å². The Morgan fingerprint density at radius 2 is 1.92 bits per heavy atom. The highest BCUT2D eigenvalue weighted by atomic mass is 16.5. The van der Waals surface area contributed by atoms with Gasteiger partial charge in [-0.1, -0.05) is 20.3 Å². The molecule has 2 saturated carbocycles. The maximum atomic E-state index is 13.1. The summed E-state index contributed by atoms with van der Waals surface area (Å²) in [6, 6.07) is 0. The maximum Gasteiger partial charge on any atom is 0.343 e. The molecule has 11 nitrogen and oxygen atoms in total. The van der Waals surface area contributed by atoms with Crippen LogP contribution in [0.15, 0.2) is 6.20 Å². The molecule has 5 N–H and O–H groups in total. The minimum atomic E-state index is -1.25. The molecule has 3 aliphatic carbocycles. The first-order valence-corrected chi connectivity index (χ1v) is 13.1. The van der Waals surface area contributed by atoms with Gasteiger partial charge < -0.3 is 21.5 Å². The standard InChI is InChI=1S/C26H35N7O4/c1-26(2)11-18-20(19(34)12-26)17(10-14-8-9-14)32-33(18)25-29-13-16(22(28)35)23(31-25)30-21(27)24(36)37-15-6-4-3-5-7-15/h13-15,21H,3-12,27H2,1-2H3,(H2,28,35)(H,29,30,31). The van der Waals surface area contributed by atoms with Gasteiger partial charge in [0.05, 0.1) is 22.5 Å². The maximum absolute atomic E-state index is 13.1. The number of fused-ring (bicyclic) bond motifs is 1. The van der Waals surface area contributed by atoms with Crippen LogP contribution >= 0.6 is 0 Å². The van der Waals surface area contributed by atoms with Crippen LogP contribution in [0, 0.1) is 11.3 Å². The van der Waals surface area contributed by atoms with Crippen molar-refractivity contribution in [2.45, 2.75) is 90.3 Å². The van der Waals surface area contributed by atoms with E-state index in [-0.39, 0.29) is 34.6 Å². The largest absolute Gasteiger partial charge is 0.460 e. The van der Waals surface area contributed by atoms with Crippen molar-refractivity contribution in [3.05, 3.63) is 28.7 Å². The van der Waals surface area contributed by atoms with E-state index in [0.717, 1.165) is 62.8 Å². The minimum Gasteiger partial charge on any atom is -0.460 e. The first-order valence-electron chi connectivity index (χ1n) is 13.1. The summed E-state index contributed by atoms with van der Waals surface area (Å²) < 4.78 is 7.15. The summed E-state index contributed by atoms with van der Waals surface area (Å²) in [5.41, 5.74) is 13.6. The first kappa shape index (κ1) is 25.3. The zero-order valence-electron chi connectivity index (χ0n) is 21.5.